The summed E-state index contributed by atoms with van der Waals surface area (Å²) in [4.78, 5) is 23.8. The van der Waals surface area contributed by atoms with E-state index in [-0.39, 0.29) is 25.2 Å². The molecule has 1 aromatic carbocycles. The first-order valence-corrected chi connectivity index (χ1v) is 8.07. The zero-order valence-electron chi connectivity index (χ0n) is 13.0. The van der Waals surface area contributed by atoms with Crippen molar-refractivity contribution in [1.82, 2.24) is 5.32 Å². The Morgan fingerprint density at radius 3 is 2.65 bits per heavy atom. The lowest BCUT2D eigenvalue weighted by atomic mass is 9.95. The van der Waals surface area contributed by atoms with Crippen molar-refractivity contribution in [2.45, 2.75) is 44.2 Å². The van der Waals surface area contributed by atoms with Crippen LogP contribution >= 0.6 is 0 Å². The summed E-state index contributed by atoms with van der Waals surface area (Å²) in [5.74, 6) is 0.264. The lowest BCUT2D eigenvalue weighted by Crippen LogP contribution is -2.42. The summed E-state index contributed by atoms with van der Waals surface area (Å²) in [6.07, 6.45) is 4.65. The van der Waals surface area contributed by atoms with Gasteiger partial charge in [0.2, 0.25) is 6.10 Å². The number of ether oxygens (including phenoxy) is 3. The highest BCUT2D eigenvalue weighted by Gasteiger charge is 2.29. The first-order valence-electron chi connectivity index (χ1n) is 8.07. The summed E-state index contributed by atoms with van der Waals surface area (Å²) in [5, 5.41) is 2.90. The lowest BCUT2D eigenvalue weighted by Gasteiger charge is -2.25. The molecule has 1 saturated carbocycles. The third-order valence-electron chi connectivity index (χ3n) is 4.09. The van der Waals surface area contributed by atoms with Crippen molar-refractivity contribution < 1.29 is 23.8 Å². The van der Waals surface area contributed by atoms with E-state index in [4.69, 9.17) is 14.2 Å². The molecule has 1 fully saturated rings. The number of hydrogen-bond donors (Lipinski definition) is 1. The maximum atomic E-state index is 12.0. The van der Waals surface area contributed by atoms with Gasteiger partial charge in [-0.2, -0.15) is 0 Å². The molecular formula is C17H21NO5. The molecular weight excluding hydrogens is 298 g/mol. The minimum Gasteiger partial charge on any atom is -0.485 e. The smallest absolute Gasteiger partial charge is 0.351 e. The number of nitrogens with one attached hydrogen (secondary N) is 1. The monoisotopic (exact) mass is 319 g/mol. The van der Waals surface area contributed by atoms with E-state index in [2.05, 4.69) is 5.32 Å². The van der Waals surface area contributed by atoms with Gasteiger partial charge in [0.15, 0.2) is 18.1 Å². The van der Waals surface area contributed by atoms with Crippen LogP contribution in [0, 0.1) is 0 Å². The number of hydrogen-bond acceptors (Lipinski definition) is 5. The SMILES string of the molecule is O=C(COC(=O)[C@@H]1COc2ccccc2O1)NC1CCCCC1. The average molecular weight is 319 g/mol. The first kappa shape index (κ1) is 15.6. The fourth-order valence-electron chi connectivity index (χ4n) is 2.88. The van der Waals surface area contributed by atoms with Crippen LogP contribution in [0.25, 0.3) is 0 Å². The van der Waals surface area contributed by atoms with E-state index in [0.29, 0.717) is 11.5 Å². The molecule has 1 heterocycles. The zero-order valence-corrected chi connectivity index (χ0v) is 13.0. The van der Waals surface area contributed by atoms with Crippen molar-refractivity contribution in [2.24, 2.45) is 0 Å². The first-order chi connectivity index (χ1) is 11.2. The van der Waals surface area contributed by atoms with Gasteiger partial charge >= 0.3 is 5.97 Å². The highest BCUT2D eigenvalue weighted by molar-refractivity contribution is 5.82. The summed E-state index contributed by atoms with van der Waals surface area (Å²) in [5.41, 5.74) is 0. The molecule has 23 heavy (non-hydrogen) atoms. The van der Waals surface area contributed by atoms with Crippen molar-refractivity contribution in [2.75, 3.05) is 13.2 Å². The fraction of sp³-hybridized carbons (Fsp3) is 0.529. The third-order valence-corrected chi connectivity index (χ3v) is 4.09. The van der Waals surface area contributed by atoms with Crippen molar-refractivity contribution in [1.29, 1.82) is 0 Å². The number of benzene rings is 1. The lowest BCUT2D eigenvalue weighted by molar-refractivity contribution is -0.157. The van der Waals surface area contributed by atoms with Gasteiger partial charge in [0.05, 0.1) is 0 Å². The Morgan fingerprint density at radius 1 is 1.13 bits per heavy atom. The van der Waals surface area contributed by atoms with Crippen LogP contribution in [0.5, 0.6) is 11.5 Å². The van der Waals surface area contributed by atoms with Crippen molar-refractivity contribution in [3.8, 4) is 11.5 Å². The molecule has 0 bridgehead atoms. The van der Waals surface area contributed by atoms with Crippen LogP contribution in [0.2, 0.25) is 0 Å². The van der Waals surface area contributed by atoms with Crippen molar-refractivity contribution in [3.63, 3.8) is 0 Å². The maximum Gasteiger partial charge on any atom is 0.351 e. The molecule has 6 nitrogen and oxygen atoms in total. The number of fused-ring (bicyclic) bond motifs is 1. The second-order valence-electron chi connectivity index (χ2n) is 5.87. The highest BCUT2D eigenvalue weighted by Crippen LogP contribution is 2.31. The molecule has 3 rings (SSSR count). The second-order valence-corrected chi connectivity index (χ2v) is 5.87. The number of rotatable bonds is 4. The summed E-state index contributed by atoms with van der Waals surface area (Å²) in [7, 11) is 0. The topological polar surface area (TPSA) is 73.9 Å². The Bertz CT molecular complexity index is 568. The molecule has 1 aliphatic heterocycles. The summed E-state index contributed by atoms with van der Waals surface area (Å²) in [6, 6.07) is 7.33. The second kappa shape index (κ2) is 7.35. The molecule has 1 aromatic rings. The molecule has 1 N–H and O–H groups in total. The van der Waals surface area contributed by atoms with Gasteiger partial charge in [-0.05, 0) is 25.0 Å². The Balaban J connectivity index is 1.43. The molecule has 0 radical (unpaired) electrons. The van der Waals surface area contributed by atoms with Crippen LogP contribution < -0.4 is 14.8 Å². The molecule has 1 atom stereocenters. The van der Waals surface area contributed by atoms with Crippen LogP contribution in [-0.4, -0.2) is 37.2 Å². The van der Waals surface area contributed by atoms with Crippen LogP contribution in [0.3, 0.4) is 0 Å². The fourth-order valence-corrected chi connectivity index (χ4v) is 2.88. The normalized spacial score (nSPS) is 20.6. The van der Waals surface area contributed by atoms with E-state index in [1.165, 1.54) is 6.42 Å². The standard InChI is InChI=1S/C17H21NO5/c19-16(18-12-6-2-1-3-7-12)11-22-17(20)15-10-21-13-8-4-5-9-14(13)23-15/h4-5,8-9,12,15H,1-3,6-7,10-11H2,(H,18,19)/t15-/m0/s1. The quantitative estimate of drug-likeness (QED) is 0.857. The summed E-state index contributed by atoms with van der Waals surface area (Å²) >= 11 is 0. The van der Waals surface area contributed by atoms with E-state index in [9.17, 15) is 9.59 Å². The van der Waals surface area contributed by atoms with Gasteiger partial charge < -0.3 is 19.5 Å². The molecule has 1 amide bonds. The minimum atomic E-state index is -0.840. The molecule has 0 aromatic heterocycles. The van der Waals surface area contributed by atoms with Gasteiger partial charge in [0.25, 0.3) is 5.91 Å². The molecule has 0 saturated heterocycles. The van der Waals surface area contributed by atoms with Gasteiger partial charge in [0, 0.05) is 6.04 Å². The Hall–Kier alpha value is -2.24. The van der Waals surface area contributed by atoms with Gasteiger partial charge in [-0.15, -0.1) is 0 Å². The van der Waals surface area contributed by atoms with E-state index < -0.39 is 12.1 Å². The van der Waals surface area contributed by atoms with Crippen molar-refractivity contribution in [3.05, 3.63) is 24.3 Å². The number of carbonyl (C=O) groups excluding carboxylic acids is 2. The Morgan fingerprint density at radius 2 is 1.87 bits per heavy atom. The molecule has 0 spiro atoms. The Kier molecular flexibility index (Phi) is 5.00. The Labute approximate surface area is 135 Å². The molecule has 1 aliphatic carbocycles. The van der Waals surface area contributed by atoms with E-state index in [1.807, 2.05) is 6.07 Å². The summed E-state index contributed by atoms with van der Waals surface area (Å²) in [6.45, 7) is -0.197. The van der Waals surface area contributed by atoms with E-state index in [0.717, 1.165) is 25.7 Å². The highest BCUT2D eigenvalue weighted by atomic mass is 16.6. The minimum absolute atomic E-state index is 0.0834. The van der Waals surface area contributed by atoms with Crippen LogP contribution in [0.15, 0.2) is 24.3 Å². The summed E-state index contributed by atoms with van der Waals surface area (Å²) < 4.78 is 16.0. The molecule has 2 aliphatic rings. The van der Waals surface area contributed by atoms with Crippen molar-refractivity contribution >= 4 is 11.9 Å². The van der Waals surface area contributed by atoms with Gasteiger partial charge in [0.1, 0.15) is 6.61 Å². The third kappa shape index (κ3) is 4.15. The van der Waals surface area contributed by atoms with Gasteiger partial charge in [-0.1, -0.05) is 31.4 Å². The predicted octanol–water partition coefficient (Wildman–Crippen LogP) is 1.82. The average Bonchev–Trinajstić information content (AvgIpc) is 2.60. The van der Waals surface area contributed by atoms with E-state index in [1.54, 1.807) is 18.2 Å². The number of esters is 1. The maximum absolute atomic E-state index is 12.0. The number of amides is 1. The number of carbonyl (C=O) groups is 2. The molecule has 124 valence electrons. The van der Waals surface area contributed by atoms with Gasteiger partial charge in [-0.3, -0.25) is 4.79 Å². The predicted molar refractivity (Wildman–Crippen MR) is 82.3 cm³/mol. The van der Waals surface area contributed by atoms with Crippen LogP contribution in [0.4, 0.5) is 0 Å². The zero-order chi connectivity index (χ0) is 16.1. The number of para-hydroxylation sites is 2. The molecule has 6 heteroatoms. The largest absolute Gasteiger partial charge is 0.485 e. The van der Waals surface area contributed by atoms with Crippen LogP contribution in [-0.2, 0) is 14.3 Å². The molecule has 0 unspecified atom stereocenters. The van der Waals surface area contributed by atoms with Crippen LogP contribution in [0.1, 0.15) is 32.1 Å². The van der Waals surface area contributed by atoms with E-state index >= 15 is 0 Å². The van der Waals surface area contributed by atoms with Gasteiger partial charge in [-0.25, -0.2) is 4.79 Å².